The first-order valence-electron chi connectivity index (χ1n) is 8.54. The molecule has 0 aliphatic heterocycles. The molecule has 1 N–H and O–H groups in total. The molecule has 0 rings (SSSR count). The molecule has 0 bridgehead atoms. The Morgan fingerprint density at radius 1 is 1.13 bits per heavy atom. The van der Waals surface area contributed by atoms with E-state index in [4.69, 9.17) is 9.84 Å². The van der Waals surface area contributed by atoms with E-state index >= 15 is 0 Å². The number of carbonyl (C=O) groups excluding carboxylic acids is 1. The molecule has 0 saturated heterocycles. The van der Waals surface area contributed by atoms with Crippen molar-refractivity contribution in [2.45, 2.75) is 72.4 Å². The molecular weight excluding hydrogens is 296 g/mol. The second-order valence-electron chi connectivity index (χ2n) is 6.84. The number of aliphatic carboxylic acids is 1. The number of rotatable bonds is 10. The standard InChI is InChI=1S/C17H34N2O4/c1-7-18(8-2)12-9-10-14(3)19(13-11-15(20)21)16(22)23-17(4,5)6/h14H,7-13H2,1-6H3,(H,20,21)/t14-/m1/s1. The van der Waals surface area contributed by atoms with Crippen molar-refractivity contribution in [2.75, 3.05) is 26.2 Å². The van der Waals surface area contributed by atoms with E-state index in [1.807, 2.05) is 27.7 Å². The van der Waals surface area contributed by atoms with Crippen LogP contribution in [0.25, 0.3) is 0 Å². The molecule has 0 aliphatic rings. The van der Waals surface area contributed by atoms with Crippen molar-refractivity contribution in [3.8, 4) is 0 Å². The maximum absolute atomic E-state index is 12.3. The number of ether oxygens (including phenoxy) is 1. The first-order valence-corrected chi connectivity index (χ1v) is 8.54. The summed E-state index contributed by atoms with van der Waals surface area (Å²) in [7, 11) is 0. The maximum atomic E-state index is 12.3. The van der Waals surface area contributed by atoms with Gasteiger partial charge in [-0.15, -0.1) is 0 Å². The van der Waals surface area contributed by atoms with Crippen molar-refractivity contribution < 1.29 is 19.4 Å². The molecule has 0 spiro atoms. The number of amides is 1. The van der Waals surface area contributed by atoms with E-state index in [1.54, 1.807) is 4.90 Å². The normalized spacial score (nSPS) is 13.0. The van der Waals surface area contributed by atoms with Gasteiger partial charge in [-0.05, 0) is 60.2 Å². The van der Waals surface area contributed by atoms with E-state index in [0.717, 1.165) is 32.5 Å². The summed E-state index contributed by atoms with van der Waals surface area (Å²) in [4.78, 5) is 27.0. The number of hydrogen-bond acceptors (Lipinski definition) is 4. The second-order valence-corrected chi connectivity index (χ2v) is 6.84. The van der Waals surface area contributed by atoms with Crippen molar-refractivity contribution in [1.29, 1.82) is 0 Å². The van der Waals surface area contributed by atoms with Crippen LogP contribution in [0.5, 0.6) is 0 Å². The van der Waals surface area contributed by atoms with Crippen LogP contribution in [0.1, 0.15) is 60.8 Å². The maximum Gasteiger partial charge on any atom is 0.410 e. The Morgan fingerprint density at radius 3 is 2.13 bits per heavy atom. The SMILES string of the molecule is CCN(CC)CCC[C@@H](C)N(CCC(=O)O)C(=O)OC(C)(C)C. The number of carboxylic acids is 1. The van der Waals surface area contributed by atoms with Crippen LogP contribution in [0.2, 0.25) is 0 Å². The average Bonchev–Trinajstić information content (AvgIpc) is 2.41. The quantitative estimate of drug-likeness (QED) is 0.666. The molecule has 136 valence electrons. The molecule has 0 radical (unpaired) electrons. The summed E-state index contributed by atoms with van der Waals surface area (Å²) in [5, 5.41) is 8.89. The molecule has 0 aromatic heterocycles. The van der Waals surface area contributed by atoms with Gasteiger partial charge in [-0.2, -0.15) is 0 Å². The summed E-state index contributed by atoms with van der Waals surface area (Å²) in [5.74, 6) is -0.908. The average molecular weight is 330 g/mol. The van der Waals surface area contributed by atoms with Gasteiger partial charge in [0.25, 0.3) is 0 Å². The monoisotopic (exact) mass is 330 g/mol. The Morgan fingerprint density at radius 2 is 1.70 bits per heavy atom. The van der Waals surface area contributed by atoms with E-state index < -0.39 is 17.7 Å². The van der Waals surface area contributed by atoms with Gasteiger partial charge >= 0.3 is 12.1 Å². The second kappa shape index (κ2) is 10.5. The Balaban J connectivity index is 4.64. The lowest BCUT2D eigenvalue weighted by Gasteiger charge is -2.32. The fourth-order valence-corrected chi connectivity index (χ4v) is 2.33. The van der Waals surface area contributed by atoms with Crippen LogP contribution in [0.3, 0.4) is 0 Å². The highest BCUT2D eigenvalue weighted by Crippen LogP contribution is 2.15. The van der Waals surface area contributed by atoms with Crippen molar-refractivity contribution in [3.05, 3.63) is 0 Å². The molecule has 0 fully saturated rings. The van der Waals surface area contributed by atoms with Crippen molar-refractivity contribution in [2.24, 2.45) is 0 Å². The fourth-order valence-electron chi connectivity index (χ4n) is 2.33. The lowest BCUT2D eigenvalue weighted by molar-refractivity contribution is -0.137. The minimum atomic E-state index is -0.908. The molecule has 1 amide bonds. The molecule has 0 aliphatic carbocycles. The Hall–Kier alpha value is -1.30. The van der Waals surface area contributed by atoms with Crippen molar-refractivity contribution in [1.82, 2.24) is 9.80 Å². The van der Waals surface area contributed by atoms with Crippen LogP contribution in [0.15, 0.2) is 0 Å². The molecule has 6 nitrogen and oxygen atoms in total. The summed E-state index contributed by atoms with van der Waals surface area (Å²) >= 11 is 0. The molecule has 6 heteroatoms. The lowest BCUT2D eigenvalue weighted by Crippen LogP contribution is -2.43. The number of hydrogen-bond donors (Lipinski definition) is 1. The molecule has 0 aromatic carbocycles. The summed E-state index contributed by atoms with van der Waals surface area (Å²) in [6, 6.07) is -0.0419. The third kappa shape index (κ3) is 10.2. The van der Waals surface area contributed by atoms with E-state index in [0.29, 0.717) is 0 Å². The Kier molecular flexibility index (Phi) is 9.88. The zero-order valence-electron chi connectivity index (χ0n) is 15.6. The zero-order valence-corrected chi connectivity index (χ0v) is 15.6. The molecule has 23 heavy (non-hydrogen) atoms. The first-order chi connectivity index (χ1) is 10.6. The van der Waals surface area contributed by atoms with Crippen LogP contribution < -0.4 is 0 Å². The molecule has 0 aromatic rings. The van der Waals surface area contributed by atoms with Gasteiger partial charge in [0, 0.05) is 12.6 Å². The minimum absolute atomic E-state index is 0.0419. The molecular formula is C17H34N2O4. The van der Waals surface area contributed by atoms with E-state index in [-0.39, 0.29) is 19.0 Å². The smallest absolute Gasteiger partial charge is 0.410 e. The first kappa shape index (κ1) is 21.7. The van der Waals surface area contributed by atoms with Gasteiger partial charge in [0.2, 0.25) is 0 Å². The van der Waals surface area contributed by atoms with Crippen molar-refractivity contribution in [3.63, 3.8) is 0 Å². The van der Waals surface area contributed by atoms with E-state index in [1.165, 1.54) is 0 Å². The summed E-state index contributed by atoms with van der Waals surface area (Å²) in [6.45, 7) is 14.8. The van der Waals surface area contributed by atoms with Crippen LogP contribution in [-0.4, -0.2) is 64.8 Å². The highest BCUT2D eigenvalue weighted by Gasteiger charge is 2.26. The van der Waals surface area contributed by atoms with E-state index in [2.05, 4.69) is 18.7 Å². The van der Waals surface area contributed by atoms with Crippen molar-refractivity contribution >= 4 is 12.1 Å². The minimum Gasteiger partial charge on any atom is -0.481 e. The van der Waals surface area contributed by atoms with Gasteiger partial charge < -0.3 is 19.6 Å². The zero-order chi connectivity index (χ0) is 18.0. The number of carboxylic acid groups (broad SMARTS) is 1. The largest absolute Gasteiger partial charge is 0.481 e. The van der Waals surface area contributed by atoms with Gasteiger partial charge in [-0.3, -0.25) is 4.79 Å². The van der Waals surface area contributed by atoms with Gasteiger partial charge in [0.15, 0.2) is 0 Å². The van der Waals surface area contributed by atoms with Crippen LogP contribution in [0.4, 0.5) is 4.79 Å². The lowest BCUT2D eigenvalue weighted by atomic mass is 10.1. The summed E-state index contributed by atoms with van der Waals surface area (Å²) in [5.41, 5.74) is -0.584. The van der Waals surface area contributed by atoms with Gasteiger partial charge in [0.05, 0.1) is 6.42 Å². The topological polar surface area (TPSA) is 70.1 Å². The molecule has 0 saturated carbocycles. The molecule has 0 heterocycles. The van der Waals surface area contributed by atoms with Gasteiger partial charge in [0.1, 0.15) is 5.60 Å². The van der Waals surface area contributed by atoms with Gasteiger partial charge in [-0.1, -0.05) is 13.8 Å². The Labute approximate surface area is 140 Å². The molecule has 1 atom stereocenters. The number of nitrogens with zero attached hydrogens (tertiary/aromatic N) is 2. The number of carbonyl (C=O) groups is 2. The third-order valence-corrected chi connectivity index (χ3v) is 3.72. The highest BCUT2D eigenvalue weighted by molar-refractivity contribution is 5.71. The summed E-state index contributed by atoms with van der Waals surface area (Å²) in [6.07, 6.45) is 1.29. The van der Waals surface area contributed by atoms with Crippen LogP contribution >= 0.6 is 0 Å². The molecule has 0 unspecified atom stereocenters. The fraction of sp³-hybridized carbons (Fsp3) is 0.882. The van der Waals surface area contributed by atoms with Crippen LogP contribution in [0, 0.1) is 0 Å². The Bertz CT molecular complexity index is 362. The summed E-state index contributed by atoms with van der Waals surface area (Å²) < 4.78 is 5.41. The van der Waals surface area contributed by atoms with E-state index in [9.17, 15) is 9.59 Å². The van der Waals surface area contributed by atoms with Gasteiger partial charge in [-0.25, -0.2) is 4.79 Å². The highest BCUT2D eigenvalue weighted by atomic mass is 16.6. The predicted molar refractivity (Wildman–Crippen MR) is 91.7 cm³/mol. The van der Waals surface area contributed by atoms with Crippen LogP contribution in [-0.2, 0) is 9.53 Å². The predicted octanol–water partition coefficient (Wildman–Crippen LogP) is 3.21. The third-order valence-electron chi connectivity index (χ3n) is 3.72.